The first-order valence-corrected chi connectivity index (χ1v) is 12.1. The number of carbonyl (C=O) groups is 2. The van der Waals surface area contributed by atoms with Gasteiger partial charge in [0.2, 0.25) is 0 Å². The zero-order valence-electron chi connectivity index (χ0n) is 20.4. The number of carbonyl (C=O) groups excluding carboxylic acids is 2. The lowest BCUT2D eigenvalue weighted by Crippen LogP contribution is -2.40. The normalized spacial score (nSPS) is 15.3. The van der Waals surface area contributed by atoms with E-state index in [0.717, 1.165) is 11.1 Å². The van der Waals surface area contributed by atoms with Gasteiger partial charge < -0.3 is 14.2 Å². The molecule has 36 heavy (non-hydrogen) atoms. The van der Waals surface area contributed by atoms with E-state index < -0.39 is 18.0 Å². The van der Waals surface area contributed by atoms with Crippen molar-refractivity contribution < 1.29 is 23.8 Å². The van der Waals surface area contributed by atoms with Gasteiger partial charge in [-0.05, 0) is 43.2 Å². The van der Waals surface area contributed by atoms with Crippen molar-refractivity contribution in [2.24, 2.45) is 4.99 Å². The molecule has 2 aromatic carbocycles. The first kappa shape index (κ1) is 25.3. The Morgan fingerprint density at radius 1 is 1.00 bits per heavy atom. The van der Waals surface area contributed by atoms with E-state index in [4.69, 9.17) is 14.2 Å². The highest BCUT2D eigenvalue weighted by Crippen LogP contribution is 2.31. The zero-order valence-corrected chi connectivity index (χ0v) is 21.3. The van der Waals surface area contributed by atoms with Crippen LogP contribution in [0.3, 0.4) is 0 Å². The summed E-state index contributed by atoms with van der Waals surface area (Å²) in [7, 11) is 2.83. The average Bonchev–Trinajstić information content (AvgIpc) is 3.18. The standard InChI is InChI=1S/C27H26N2O6S/c1-16-5-7-18(8-6-16)15-21-24(30)29-23(19-9-11-20(12-10-19)25(31)34-4)22(17(2)28-27(29)36-21)26(32)35-14-13-33-3/h5-12,15,23H,13-14H2,1-4H3/b21-15+/t23-/m1/s1. The highest BCUT2D eigenvalue weighted by molar-refractivity contribution is 7.07. The first-order chi connectivity index (χ1) is 17.3. The monoisotopic (exact) mass is 506 g/mol. The molecule has 0 radical (unpaired) electrons. The van der Waals surface area contributed by atoms with Crippen molar-refractivity contribution in [3.8, 4) is 0 Å². The fraction of sp³-hybridized carbons (Fsp3) is 0.259. The van der Waals surface area contributed by atoms with Crippen molar-refractivity contribution >= 4 is 29.4 Å². The molecule has 2 heterocycles. The Labute approximate surface area is 211 Å². The molecule has 0 amide bonds. The predicted octanol–water partition coefficient (Wildman–Crippen LogP) is 2.52. The van der Waals surface area contributed by atoms with E-state index in [0.29, 0.717) is 26.2 Å². The van der Waals surface area contributed by atoms with E-state index in [9.17, 15) is 14.4 Å². The largest absolute Gasteiger partial charge is 0.465 e. The number of hydrogen-bond acceptors (Lipinski definition) is 8. The Bertz CT molecular complexity index is 1500. The van der Waals surface area contributed by atoms with Crippen LogP contribution in [0, 0.1) is 6.92 Å². The van der Waals surface area contributed by atoms with Crippen molar-refractivity contribution in [1.29, 1.82) is 0 Å². The van der Waals surface area contributed by atoms with E-state index in [1.54, 1.807) is 31.2 Å². The van der Waals surface area contributed by atoms with E-state index in [1.807, 2.05) is 37.3 Å². The van der Waals surface area contributed by atoms with Crippen LogP contribution >= 0.6 is 11.3 Å². The number of fused-ring (bicyclic) bond motifs is 1. The second-order valence-electron chi connectivity index (χ2n) is 8.23. The molecule has 0 unspecified atom stereocenters. The summed E-state index contributed by atoms with van der Waals surface area (Å²) in [4.78, 5) is 43.8. The number of thiazole rings is 1. The zero-order chi connectivity index (χ0) is 25.8. The minimum absolute atomic E-state index is 0.0674. The van der Waals surface area contributed by atoms with Gasteiger partial charge in [0.05, 0.1) is 41.1 Å². The molecule has 0 saturated heterocycles. The quantitative estimate of drug-likeness (QED) is 0.361. The number of hydrogen-bond donors (Lipinski definition) is 0. The Balaban J connectivity index is 1.87. The van der Waals surface area contributed by atoms with E-state index in [2.05, 4.69) is 4.99 Å². The second kappa shape index (κ2) is 10.8. The van der Waals surface area contributed by atoms with Gasteiger partial charge in [0.15, 0.2) is 4.80 Å². The van der Waals surface area contributed by atoms with Crippen LogP contribution in [0.15, 0.2) is 69.6 Å². The molecule has 8 nitrogen and oxygen atoms in total. The number of ether oxygens (including phenoxy) is 3. The van der Waals surface area contributed by atoms with Crippen LogP contribution in [0.2, 0.25) is 0 Å². The number of esters is 2. The molecule has 1 atom stereocenters. The van der Waals surface area contributed by atoms with Gasteiger partial charge in [-0.15, -0.1) is 0 Å². The molecule has 3 aromatic rings. The molecule has 0 fully saturated rings. The van der Waals surface area contributed by atoms with Crippen LogP contribution in [0.1, 0.15) is 40.0 Å². The van der Waals surface area contributed by atoms with Crippen LogP contribution < -0.4 is 14.9 Å². The van der Waals surface area contributed by atoms with Crippen molar-refractivity contribution in [2.45, 2.75) is 19.9 Å². The van der Waals surface area contributed by atoms with E-state index in [-0.39, 0.29) is 24.3 Å². The van der Waals surface area contributed by atoms with Gasteiger partial charge in [0, 0.05) is 7.11 Å². The molecule has 0 N–H and O–H groups in total. The second-order valence-corrected chi connectivity index (χ2v) is 9.24. The molecule has 0 spiro atoms. The van der Waals surface area contributed by atoms with Crippen molar-refractivity contribution in [1.82, 2.24) is 4.57 Å². The van der Waals surface area contributed by atoms with Crippen LogP contribution in [0.4, 0.5) is 0 Å². The van der Waals surface area contributed by atoms with Gasteiger partial charge in [-0.1, -0.05) is 53.3 Å². The molecule has 1 aromatic heterocycles. The summed E-state index contributed by atoms with van der Waals surface area (Å²) in [6, 6.07) is 13.7. The Morgan fingerprint density at radius 3 is 2.33 bits per heavy atom. The third kappa shape index (κ3) is 5.07. The summed E-state index contributed by atoms with van der Waals surface area (Å²) in [6.07, 6.45) is 1.82. The van der Waals surface area contributed by atoms with Crippen LogP contribution in [0.25, 0.3) is 6.08 Å². The minimum Gasteiger partial charge on any atom is -0.465 e. The lowest BCUT2D eigenvalue weighted by molar-refractivity contribution is -0.140. The molecule has 0 bridgehead atoms. The summed E-state index contributed by atoms with van der Waals surface area (Å²) in [6.45, 7) is 4.03. The number of rotatable bonds is 7. The summed E-state index contributed by atoms with van der Waals surface area (Å²) in [5, 5.41) is 0. The topological polar surface area (TPSA) is 96.2 Å². The number of allylic oxidation sites excluding steroid dienone is 1. The molecule has 0 saturated carbocycles. The number of benzene rings is 2. The number of aryl methyl sites for hydroxylation is 1. The number of nitrogens with zero attached hydrogens (tertiary/aromatic N) is 2. The smallest absolute Gasteiger partial charge is 0.338 e. The maximum Gasteiger partial charge on any atom is 0.338 e. The van der Waals surface area contributed by atoms with Gasteiger partial charge in [0.25, 0.3) is 5.56 Å². The number of methoxy groups -OCH3 is 2. The first-order valence-electron chi connectivity index (χ1n) is 11.3. The fourth-order valence-corrected chi connectivity index (χ4v) is 4.97. The number of aromatic nitrogens is 1. The van der Waals surface area contributed by atoms with Crippen LogP contribution in [0.5, 0.6) is 0 Å². The van der Waals surface area contributed by atoms with Gasteiger partial charge in [-0.25, -0.2) is 14.6 Å². The molecule has 4 rings (SSSR count). The maximum atomic E-state index is 13.6. The summed E-state index contributed by atoms with van der Waals surface area (Å²) in [5.41, 5.74) is 3.46. The third-order valence-corrected chi connectivity index (χ3v) is 6.77. The van der Waals surface area contributed by atoms with Crippen LogP contribution in [-0.2, 0) is 19.0 Å². The molecule has 1 aliphatic rings. The molecular weight excluding hydrogens is 480 g/mol. The van der Waals surface area contributed by atoms with Gasteiger partial charge >= 0.3 is 11.9 Å². The average molecular weight is 507 g/mol. The van der Waals surface area contributed by atoms with E-state index in [1.165, 1.54) is 30.1 Å². The van der Waals surface area contributed by atoms with Crippen molar-refractivity contribution in [3.05, 3.63) is 102 Å². The summed E-state index contributed by atoms with van der Waals surface area (Å²) in [5.74, 6) is -1.06. The minimum atomic E-state index is -0.775. The van der Waals surface area contributed by atoms with Crippen LogP contribution in [-0.4, -0.2) is 43.9 Å². The molecule has 186 valence electrons. The maximum absolute atomic E-state index is 13.6. The van der Waals surface area contributed by atoms with Gasteiger partial charge in [-0.3, -0.25) is 9.36 Å². The lowest BCUT2D eigenvalue weighted by atomic mass is 9.95. The fourth-order valence-electron chi connectivity index (χ4n) is 3.93. The Kier molecular flexibility index (Phi) is 7.61. The van der Waals surface area contributed by atoms with E-state index >= 15 is 0 Å². The molecule has 9 heteroatoms. The van der Waals surface area contributed by atoms with Crippen molar-refractivity contribution in [2.75, 3.05) is 27.4 Å². The highest BCUT2D eigenvalue weighted by Gasteiger charge is 2.33. The van der Waals surface area contributed by atoms with Crippen molar-refractivity contribution in [3.63, 3.8) is 0 Å². The lowest BCUT2D eigenvalue weighted by Gasteiger charge is -2.25. The third-order valence-electron chi connectivity index (χ3n) is 5.78. The van der Waals surface area contributed by atoms with Gasteiger partial charge in [-0.2, -0.15) is 0 Å². The SMILES string of the molecule is COCCOC(=O)C1=C(C)N=c2s/c(=C/c3ccc(C)cc3)c(=O)n2[C@@H]1c1ccc(C(=O)OC)cc1. The molecular formula is C27H26N2O6S. The molecule has 0 aliphatic carbocycles. The Morgan fingerprint density at radius 2 is 1.69 bits per heavy atom. The Hall–Kier alpha value is -3.82. The van der Waals surface area contributed by atoms with Gasteiger partial charge in [0.1, 0.15) is 6.61 Å². The predicted molar refractivity (Wildman–Crippen MR) is 136 cm³/mol. The highest BCUT2D eigenvalue weighted by atomic mass is 32.1. The summed E-state index contributed by atoms with van der Waals surface area (Å²) >= 11 is 1.26. The molecule has 1 aliphatic heterocycles. The summed E-state index contributed by atoms with van der Waals surface area (Å²) < 4.78 is 17.2.